The number of aromatic nitrogens is 1. The van der Waals surface area contributed by atoms with E-state index in [0.29, 0.717) is 6.42 Å². The van der Waals surface area contributed by atoms with Crippen molar-refractivity contribution in [1.29, 1.82) is 0 Å². The van der Waals surface area contributed by atoms with E-state index in [1.807, 2.05) is 30.1 Å². The van der Waals surface area contributed by atoms with Crippen molar-refractivity contribution in [2.24, 2.45) is 7.05 Å². The second-order valence-corrected chi connectivity index (χ2v) is 6.92. The highest BCUT2D eigenvalue weighted by atomic mass is 35.5. The molecule has 2 aromatic rings. The standard InChI is InChI=1S/C19H24ClN3O/c1-14-11-16(15(2)21(14)3)12-19(24)23-9-7-22(8-10-23)18-6-4-5-17(20)13-18/h4-6,11,13H,7-10,12H2,1-3H3. The lowest BCUT2D eigenvalue weighted by Gasteiger charge is -2.36. The molecule has 0 aliphatic carbocycles. The summed E-state index contributed by atoms with van der Waals surface area (Å²) in [7, 11) is 2.04. The Bertz CT molecular complexity index is 745. The smallest absolute Gasteiger partial charge is 0.227 e. The molecule has 1 aliphatic rings. The lowest BCUT2D eigenvalue weighted by Crippen LogP contribution is -2.49. The molecule has 2 heterocycles. The maximum atomic E-state index is 12.6. The summed E-state index contributed by atoms with van der Waals surface area (Å²) in [4.78, 5) is 16.9. The van der Waals surface area contributed by atoms with Crippen molar-refractivity contribution in [3.05, 3.63) is 52.3 Å². The van der Waals surface area contributed by atoms with Gasteiger partial charge in [-0.2, -0.15) is 0 Å². The molecule has 1 aromatic carbocycles. The van der Waals surface area contributed by atoms with Crippen LogP contribution in [0.1, 0.15) is 17.0 Å². The number of hydrogen-bond acceptors (Lipinski definition) is 2. The Labute approximate surface area is 148 Å². The van der Waals surface area contributed by atoms with Crippen LogP contribution in [-0.2, 0) is 18.3 Å². The zero-order chi connectivity index (χ0) is 17.3. The Balaban J connectivity index is 1.60. The van der Waals surface area contributed by atoms with Crippen LogP contribution in [0.25, 0.3) is 0 Å². The fourth-order valence-corrected chi connectivity index (χ4v) is 3.46. The van der Waals surface area contributed by atoms with Gasteiger partial charge in [-0.3, -0.25) is 4.79 Å². The predicted molar refractivity (Wildman–Crippen MR) is 98.8 cm³/mol. The van der Waals surface area contributed by atoms with E-state index < -0.39 is 0 Å². The maximum Gasteiger partial charge on any atom is 0.227 e. The van der Waals surface area contributed by atoms with Crippen LogP contribution in [0.3, 0.4) is 0 Å². The molecule has 5 heteroatoms. The van der Waals surface area contributed by atoms with Crippen LogP contribution >= 0.6 is 11.6 Å². The summed E-state index contributed by atoms with van der Waals surface area (Å²) < 4.78 is 2.14. The number of halogens is 1. The Kier molecular flexibility index (Phi) is 4.86. The summed E-state index contributed by atoms with van der Waals surface area (Å²) in [6, 6.07) is 10.0. The van der Waals surface area contributed by atoms with Gasteiger partial charge < -0.3 is 14.4 Å². The normalized spacial score (nSPS) is 15.0. The first kappa shape index (κ1) is 16.9. The Hall–Kier alpha value is -1.94. The van der Waals surface area contributed by atoms with E-state index in [0.717, 1.165) is 42.5 Å². The van der Waals surface area contributed by atoms with Gasteiger partial charge >= 0.3 is 0 Å². The predicted octanol–water partition coefficient (Wildman–Crippen LogP) is 3.19. The third kappa shape index (κ3) is 3.44. The Morgan fingerprint density at radius 3 is 2.42 bits per heavy atom. The van der Waals surface area contributed by atoms with E-state index in [-0.39, 0.29) is 5.91 Å². The molecule has 0 atom stereocenters. The highest BCUT2D eigenvalue weighted by molar-refractivity contribution is 6.30. The molecule has 3 rings (SSSR count). The van der Waals surface area contributed by atoms with E-state index in [9.17, 15) is 4.79 Å². The van der Waals surface area contributed by atoms with E-state index in [4.69, 9.17) is 11.6 Å². The van der Waals surface area contributed by atoms with Gasteiger partial charge in [-0.25, -0.2) is 0 Å². The Morgan fingerprint density at radius 1 is 1.12 bits per heavy atom. The summed E-state index contributed by atoms with van der Waals surface area (Å²) in [6.07, 6.45) is 0.491. The summed E-state index contributed by atoms with van der Waals surface area (Å²) in [5.74, 6) is 0.217. The first-order valence-corrected chi connectivity index (χ1v) is 8.73. The first-order chi connectivity index (χ1) is 11.5. The van der Waals surface area contributed by atoms with Crippen LogP contribution in [0, 0.1) is 13.8 Å². The molecule has 0 saturated carbocycles. The SMILES string of the molecule is Cc1cc(CC(=O)N2CCN(c3cccc(Cl)c3)CC2)c(C)n1C. The quantitative estimate of drug-likeness (QED) is 0.854. The number of nitrogens with zero attached hydrogens (tertiary/aromatic N) is 3. The number of carbonyl (C=O) groups excluding carboxylic acids is 1. The monoisotopic (exact) mass is 345 g/mol. The molecule has 1 saturated heterocycles. The topological polar surface area (TPSA) is 28.5 Å². The minimum absolute atomic E-state index is 0.217. The average molecular weight is 346 g/mol. The van der Waals surface area contributed by atoms with Crippen LogP contribution in [0.2, 0.25) is 5.02 Å². The molecule has 1 aliphatic heterocycles. The number of carbonyl (C=O) groups is 1. The van der Waals surface area contributed by atoms with Crippen LogP contribution in [0.5, 0.6) is 0 Å². The fraction of sp³-hybridized carbons (Fsp3) is 0.421. The summed E-state index contributed by atoms with van der Waals surface area (Å²) in [5.41, 5.74) is 4.64. The molecule has 0 unspecified atom stereocenters. The number of hydrogen-bond donors (Lipinski definition) is 0. The largest absolute Gasteiger partial charge is 0.368 e. The highest BCUT2D eigenvalue weighted by Crippen LogP contribution is 2.21. The number of benzene rings is 1. The average Bonchev–Trinajstić information content (AvgIpc) is 2.82. The number of piperazine rings is 1. The number of amides is 1. The highest BCUT2D eigenvalue weighted by Gasteiger charge is 2.22. The first-order valence-electron chi connectivity index (χ1n) is 8.36. The van der Waals surface area contributed by atoms with E-state index in [1.54, 1.807) is 0 Å². The molecule has 0 spiro atoms. The van der Waals surface area contributed by atoms with Crippen LogP contribution in [0.15, 0.2) is 30.3 Å². The van der Waals surface area contributed by atoms with Crippen LogP contribution in [-0.4, -0.2) is 41.6 Å². The van der Waals surface area contributed by atoms with Crippen LogP contribution < -0.4 is 4.90 Å². The van der Waals surface area contributed by atoms with Gasteiger partial charge in [0.15, 0.2) is 0 Å². The van der Waals surface area contributed by atoms with Gasteiger partial charge in [-0.05, 0) is 43.7 Å². The lowest BCUT2D eigenvalue weighted by atomic mass is 10.1. The van der Waals surface area contributed by atoms with Gasteiger partial charge in [0, 0.05) is 55.3 Å². The Morgan fingerprint density at radius 2 is 1.83 bits per heavy atom. The van der Waals surface area contributed by atoms with Gasteiger partial charge in [0.05, 0.1) is 6.42 Å². The number of rotatable bonds is 3. The minimum atomic E-state index is 0.217. The molecule has 0 N–H and O–H groups in total. The van der Waals surface area contributed by atoms with Crippen molar-refractivity contribution >= 4 is 23.2 Å². The molecule has 0 bridgehead atoms. The molecular weight excluding hydrogens is 322 g/mol. The third-order valence-corrected chi connectivity index (χ3v) is 5.26. The molecule has 24 heavy (non-hydrogen) atoms. The molecule has 0 radical (unpaired) electrons. The van der Waals surface area contributed by atoms with Crippen molar-refractivity contribution in [3.8, 4) is 0 Å². The van der Waals surface area contributed by atoms with Crippen molar-refractivity contribution in [1.82, 2.24) is 9.47 Å². The van der Waals surface area contributed by atoms with Gasteiger partial charge in [0.1, 0.15) is 0 Å². The van der Waals surface area contributed by atoms with Gasteiger partial charge in [0.2, 0.25) is 5.91 Å². The molecule has 4 nitrogen and oxygen atoms in total. The fourth-order valence-electron chi connectivity index (χ4n) is 3.27. The third-order valence-electron chi connectivity index (χ3n) is 5.03. The van der Waals surface area contributed by atoms with E-state index >= 15 is 0 Å². The van der Waals surface area contributed by atoms with Crippen molar-refractivity contribution < 1.29 is 4.79 Å². The maximum absolute atomic E-state index is 12.6. The van der Waals surface area contributed by atoms with Gasteiger partial charge in [0.25, 0.3) is 0 Å². The minimum Gasteiger partial charge on any atom is -0.368 e. The van der Waals surface area contributed by atoms with E-state index in [1.165, 1.54) is 11.4 Å². The second kappa shape index (κ2) is 6.89. The summed E-state index contributed by atoms with van der Waals surface area (Å²) >= 11 is 6.07. The number of aryl methyl sites for hydroxylation is 1. The zero-order valence-electron chi connectivity index (χ0n) is 14.6. The molecule has 1 amide bonds. The van der Waals surface area contributed by atoms with Crippen LogP contribution in [0.4, 0.5) is 5.69 Å². The zero-order valence-corrected chi connectivity index (χ0v) is 15.3. The van der Waals surface area contributed by atoms with Gasteiger partial charge in [-0.15, -0.1) is 0 Å². The van der Waals surface area contributed by atoms with E-state index in [2.05, 4.69) is 35.4 Å². The molecular formula is C19H24ClN3O. The summed E-state index contributed by atoms with van der Waals surface area (Å²) in [5, 5.41) is 0.751. The molecule has 1 aromatic heterocycles. The molecule has 1 fully saturated rings. The van der Waals surface area contributed by atoms with Crippen molar-refractivity contribution in [2.75, 3.05) is 31.1 Å². The second-order valence-electron chi connectivity index (χ2n) is 6.48. The van der Waals surface area contributed by atoms with Crippen molar-refractivity contribution in [2.45, 2.75) is 20.3 Å². The van der Waals surface area contributed by atoms with Crippen molar-refractivity contribution in [3.63, 3.8) is 0 Å². The summed E-state index contributed by atoms with van der Waals surface area (Å²) in [6.45, 7) is 7.36. The van der Waals surface area contributed by atoms with Gasteiger partial charge in [-0.1, -0.05) is 17.7 Å². The molecule has 128 valence electrons. The lowest BCUT2D eigenvalue weighted by molar-refractivity contribution is -0.130. The number of anilines is 1.